The van der Waals surface area contributed by atoms with Crippen molar-refractivity contribution in [1.82, 2.24) is 21.3 Å². The van der Waals surface area contributed by atoms with Crippen molar-refractivity contribution in [3.63, 3.8) is 0 Å². The second kappa shape index (κ2) is 16.3. The molecule has 0 fully saturated rings. The van der Waals surface area contributed by atoms with Crippen LogP contribution in [-0.2, 0) is 38.1 Å². The Morgan fingerprint density at radius 3 is 1.81 bits per heavy atom. The average molecular weight is 529 g/mol. The van der Waals surface area contributed by atoms with Crippen molar-refractivity contribution in [2.24, 2.45) is 0 Å². The second-order valence-electron chi connectivity index (χ2n) is 9.29. The normalized spacial score (nSPS) is 12.8. The molecule has 13 nitrogen and oxygen atoms in total. The largest absolute Gasteiger partial charge is 0.468 e. The van der Waals surface area contributed by atoms with E-state index in [1.807, 2.05) is 0 Å². The third kappa shape index (κ3) is 14.6. The molecule has 0 aromatic heterocycles. The number of nitrogens with one attached hydrogen (secondary N) is 4. The molecule has 4 amide bonds. The first-order valence-corrected chi connectivity index (χ1v) is 11.5. The van der Waals surface area contributed by atoms with E-state index in [0.29, 0.717) is 0 Å². The Morgan fingerprint density at radius 1 is 0.838 bits per heavy atom. The molecule has 0 aliphatic heterocycles. The molecule has 37 heavy (non-hydrogen) atoms. The van der Waals surface area contributed by atoms with E-state index in [4.69, 9.17) is 14.2 Å². The van der Waals surface area contributed by atoms with E-state index >= 15 is 0 Å². The summed E-state index contributed by atoms with van der Waals surface area (Å²) in [5.74, 6) is -2.85. The van der Waals surface area contributed by atoms with Crippen molar-refractivity contribution in [3.8, 4) is 0 Å². The number of carbonyl (C=O) groups excluding carboxylic acids is 5. The van der Waals surface area contributed by atoms with Gasteiger partial charge >= 0.3 is 12.1 Å². The molecule has 0 saturated carbocycles. The highest BCUT2D eigenvalue weighted by Crippen LogP contribution is 2.08. The van der Waals surface area contributed by atoms with Crippen molar-refractivity contribution in [2.45, 2.75) is 57.8 Å². The van der Waals surface area contributed by atoms with Crippen molar-refractivity contribution in [2.75, 3.05) is 40.1 Å². The Bertz CT molecular complexity index is 822. The van der Waals surface area contributed by atoms with Crippen LogP contribution in [0.1, 0.15) is 34.6 Å². The summed E-state index contributed by atoms with van der Waals surface area (Å²) in [4.78, 5) is 62.0. The second-order valence-corrected chi connectivity index (χ2v) is 9.29. The molecule has 13 heteroatoms. The number of alkyl carbamates (subject to hydrolysis) is 1. The first kappa shape index (κ1) is 33.5. The van der Waals surface area contributed by atoms with Crippen LogP contribution >= 0.6 is 0 Å². The van der Waals surface area contributed by atoms with Crippen LogP contribution in [0, 0.1) is 0 Å². The Kier molecular flexibility index (Phi) is 14.8. The van der Waals surface area contributed by atoms with Gasteiger partial charge in [0.1, 0.15) is 29.8 Å². The van der Waals surface area contributed by atoms with E-state index in [2.05, 4.69) is 39.2 Å². The SMILES string of the molecule is C=CCOC[C@H](NC(=O)OC(C)(C)C)C(=O)NC(C)(C)C(=O)N[C@@H](COCC=C)C(=O)NCC(=O)OC. The smallest absolute Gasteiger partial charge is 0.408 e. The van der Waals surface area contributed by atoms with Crippen molar-refractivity contribution >= 4 is 29.8 Å². The summed E-state index contributed by atoms with van der Waals surface area (Å²) >= 11 is 0. The van der Waals surface area contributed by atoms with E-state index in [9.17, 15) is 24.0 Å². The molecule has 2 atom stereocenters. The van der Waals surface area contributed by atoms with E-state index in [1.165, 1.54) is 33.1 Å². The highest BCUT2D eigenvalue weighted by Gasteiger charge is 2.35. The Labute approximate surface area is 217 Å². The zero-order valence-electron chi connectivity index (χ0n) is 22.4. The molecule has 0 radical (unpaired) electrons. The third-order valence-electron chi connectivity index (χ3n) is 4.31. The van der Waals surface area contributed by atoms with Gasteiger partial charge in [-0.05, 0) is 34.6 Å². The van der Waals surface area contributed by atoms with Crippen LogP contribution in [-0.4, -0.2) is 93.1 Å². The van der Waals surface area contributed by atoms with E-state index < -0.39 is 59.6 Å². The summed E-state index contributed by atoms with van der Waals surface area (Å²) in [6, 6.07) is -2.39. The molecule has 0 heterocycles. The highest BCUT2D eigenvalue weighted by molar-refractivity contribution is 5.96. The minimum absolute atomic E-state index is 0.111. The van der Waals surface area contributed by atoms with E-state index in [-0.39, 0.29) is 26.4 Å². The highest BCUT2D eigenvalue weighted by atomic mass is 16.6. The van der Waals surface area contributed by atoms with Gasteiger partial charge in [-0.1, -0.05) is 12.2 Å². The molecule has 0 bridgehead atoms. The molecule has 0 spiro atoms. The van der Waals surface area contributed by atoms with Crippen LogP contribution in [0.2, 0.25) is 0 Å². The minimum atomic E-state index is -1.54. The summed E-state index contributed by atoms with van der Waals surface area (Å²) in [5.41, 5.74) is -2.34. The lowest BCUT2D eigenvalue weighted by Gasteiger charge is -2.30. The zero-order chi connectivity index (χ0) is 28.6. The van der Waals surface area contributed by atoms with Gasteiger partial charge in [0.25, 0.3) is 0 Å². The summed E-state index contributed by atoms with van der Waals surface area (Å²) in [5, 5.41) is 9.78. The van der Waals surface area contributed by atoms with Crippen LogP contribution in [0.5, 0.6) is 0 Å². The molecule has 0 aromatic rings. The van der Waals surface area contributed by atoms with Crippen LogP contribution in [0.15, 0.2) is 25.3 Å². The minimum Gasteiger partial charge on any atom is -0.468 e. The van der Waals surface area contributed by atoms with Gasteiger partial charge in [-0.3, -0.25) is 19.2 Å². The molecule has 0 unspecified atom stereocenters. The van der Waals surface area contributed by atoms with E-state index in [0.717, 1.165) is 0 Å². The van der Waals surface area contributed by atoms with Gasteiger partial charge in [-0.25, -0.2) is 4.79 Å². The van der Waals surface area contributed by atoms with Gasteiger partial charge < -0.3 is 40.2 Å². The maximum Gasteiger partial charge on any atom is 0.408 e. The maximum absolute atomic E-state index is 13.0. The van der Waals surface area contributed by atoms with E-state index in [1.54, 1.807) is 20.8 Å². The number of hydrogen-bond acceptors (Lipinski definition) is 9. The number of carbonyl (C=O) groups is 5. The number of methoxy groups -OCH3 is 1. The molecule has 0 saturated heterocycles. The third-order valence-corrected chi connectivity index (χ3v) is 4.31. The van der Waals surface area contributed by atoms with Gasteiger partial charge in [0, 0.05) is 0 Å². The molecular weight excluding hydrogens is 488 g/mol. The lowest BCUT2D eigenvalue weighted by molar-refractivity contribution is -0.142. The number of esters is 1. The van der Waals surface area contributed by atoms with Gasteiger partial charge in [0.2, 0.25) is 17.7 Å². The Balaban J connectivity index is 5.44. The Morgan fingerprint density at radius 2 is 1.35 bits per heavy atom. The molecule has 0 aliphatic carbocycles. The topological polar surface area (TPSA) is 170 Å². The van der Waals surface area contributed by atoms with Crippen LogP contribution < -0.4 is 21.3 Å². The average Bonchev–Trinajstić information content (AvgIpc) is 2.79. The van der Waals surface area contributed by atoms with Crippen molar-refractivity contribution < 1.29 is 42.9 Å². The monoisotopic (exact) mass is 528 g/mol. The van der Waals surface area contributed by atoms with Gasteiger partial charge in [0.05, 0.1) is 33.5 Å². The van der Waals surface area contributed by atoms with Crippen LogP contribution in [0.4, 0.5) is 4.79 Å². The van der Waals surface area contributed by atoms with Crippen molar-refractivity contribution in [1.29, 1.82) is 0 Å². The molecule has 0 aliphatic rings. The fourth-order valence-corrected chi connectivity index (χ4v) is 2.50. The predicted molar refractivity (Wildman–Crippen MR) is 134 cm³/mol. The summed E-state index contributed by atoms with van der Waals surface area (Å²) in [6.07, 6.45) is 2.08. The standard InChI is InChI=1S/C24H40N4O9/c1-9-11-35-14-16(19(30)25-13-18(29)34-8)26-21(32)24(6,7)28-20(31)17(15-36-12-10-2)27-22(33)37-23(3,4)5/h9-10,16-17H,1-2,11-15H2,3-8H3,(H,25,30)(H,26,32)(H,27,33)(H,28,31)/t16-,17-/m0/s1. The first-order valence-electron chi connectivity index (χ1n) is 11.5. The predicted octanol–water partition coefficient (Wildman–Crippen LogP) is -0.0463. The first-order chi connectivity index (χ1) is 17.2. The summed E-state index contributed by atoms with van der Waals surface area (Å²) in [7, 11) is 1.17. The lowest BCUT2D eigenvalue weighted by atomic mass is 10.0. The van der Waals surface area contributed by atoms with Gasteiger partial charge in [-0.2, -0.15) is 0 Å². The molecule has 0 rings (SSSR count). The number of hydrogen-bond donors (Lipinski definition) is 4. The lowest BCUT2D eigenvalue weighted by Crippen LogP contribution is -2.63. The quantitative estimate of drug-likeness (QED) is 0.122. The molecule has 0 aromatic carbocycles. The van der Waals surface area contributed by atoms with Gasteiger partial charge in [-0.15, -0.1) is 13.2 Å². The number of ether oxygens (including phenoxy) is 4. The molecular formula is C24H40N4O9. The molecule has 210 valence electrons. The Hall–Kier alpha value is -3.45. The number of amides is 4. The fourth-order valence-electron chi connectivity index (χ4n) is 2.50. The van der Waals surface area contributed by atoms with Gasteiger partial charge in [0.15, 0.2) is 0 Å². The summed E-state index contributed by atoms with van der Waals surface area (Å²) < 4.78 is 20.3. The van der Waals surface area contributed by atoms with Crippen LogP contribution in [0.25, 0.3) is 0 Å². The maximum atomic E-state index is 13.0. The fraction of sp³-hybridized carbons (Fsp3) is 0.625. The van der Waals surface area contributed by atoms with Crippen LogP contribution in [0.3, 0.4) is 0 Å². The van der Waals surface area contributed by atoms with Crippen molar-refractivity contribution in [3.05, 3.63) is 25.3 Å². The zero-order valence-corrected chi connectivity index (χ0v) is 22.4. The summed E-state index contributed by atoms with van der Waals surface area (Å²) in [6.45, 7) is 14.2. The molecule has 4 N–H and O–H groups in total. The number of rotatable bonds is 16.